The normalized spacial score (nSPS) is 10.6. The highest BCUT2D eigenvalue weighted by Gasteiger charge is 2.23. The zero-order valence-electron chi connectivity index (χ0n) is 15.0. The molecule has 1 amide bonds. The zero-order chi connectivity index (χ0) is 18.6. The van der Waals surface area contributed by atoms with Gasteiger partial charge in [-0.25, -0.2) is 9.97 Å². The minimum Gasteiger partial charge on any atom is -0.493 e. The summed E-state index contributed by atoms with van der Waals surface area (Å²) in [7, 11) is 3.39. The number of hydrogen-bond donors (Lipinski definition) is 1. The van der Waals surface area contributed by atoms with Crippen LogP contribution in [0.4, 0.5) is 5.95 Å². The standard InChI is InChI=1S/C18H23BrN4O2/c1-5-6-9-25-14-8-7-12(19)10-13(14)16-15(17(24)23(3)4)11(2)21-18(20)22-16/h7-8,10H,5-6,9H2,1-4H3,(H2,20,21,22). The third-order valence-corrected chi connectivity index (χ3v) is 4.17. The average molecular weight is 407 g/mol. The molecule has 6 nitrogen and oxygen atoms in total. The summed E-state index contributed by atoms with van der Waals surface area (Å²) in [4.78, 5) is 22.7. The molecule has 0 aliphatic carbocycles. The van der Waals surface area contributed by atoms with Crippen LogP contribution in [0.5, 0.6) is 5.75 Å². The van der Waals surface area contributed by atoms with E-state index in [-0.39, 0.29) is 11.9 Å². The molecule has 0 spiro atoms. The number of anilines is 1. The van der Waals surface area contributed by atoms with Gasteiger partial charge >= 0.3 is 0 Å². The van der Waals surface area contributed by atoms with Crippen LogP contribution in [0, 0.1) is 6.92 Å². The van der Waals surface area contributed by atoms with Crippen LogP contribution in [0.25, 0.3) is 11.3 Å². The molecule has 2 rings (SSSR count). The molecule has 0 aliphatic heterocycles. The summed E-state index contributed by atoms with van der Waals surface area (Å²) >= 11 is 3.48. The Morgan fingerprint density at radius 3 is 2.68 bits per heavy atom. The van der Waals surface area contributed by atoms with Crippen LogP contribution >= 0.6 is 15.9 Å². The van der Waals surface area contributed by atoms with Gasteiger partial charge in [-0.15, -0.1) is 0 Å². The average Bonchev–Trinajstić information content (AvgIpc) is 2.55. The Balaban J connectivity index is 2.64. The Kier molecular flexibility index (Phi) is 6.36. The lowest BCUT2D eigenvalue weighted by Crippen LogP contribution is -2.24. The van der Waals surface area contributed by atoms with Crippen molar-refractivity contribution in [3.05, 3.63) is 33.9 Å². The van der Waals surface area contributed by atoms with E-state index in [1.807, 2.05) is 18.2 Å². The second-order valence-electron chi connectivity index (χ2n) is 5.93. The molecule has 1 heterocycles. The van der Waals surface area contributed by atoms with Crippen molar-refractivity contribution in [3.63, 3.8) is 0 Å². The van der Waals surface area contributed by atoms with Gasteiger partial charge in [0.2, 0.25) is 5.95 Å². The second-order valence-corrected chi connectivity index (χ2v) is 6.85. The van der Waals surface area contributed by atoms with Crippen molar-refractivity contribution in [2.75, 3.05) is 26.4 Å². The quantitative estimate of drug-likeness (QED) is 0.739. The van der Waals surface area contributed by atoms with E-state index in [4.69, 9.17) is 10.5 Å². The van der Waals surface area contributed by atoms with Gasteiger partial charge in [-0.1, -0.05) is 29.3 Å². The third kappa shape index (κ3) is 4.48. The summed E-state index contributed by atoms with van der Waals surface area (Å²) in [6.45, 7) is 4.46. The van der Waals surface area contributed by atoms with Crippen LogP contribution in [0.1, 0.15) is 35.8 Å². The van der Waals surface area contributed by atoms with Crippen molar-refractivity contribution in [3.8, 4) is 17.0 Å². The Labute approximate surface area is 156 Å². The van der Waals surface area contributed by atoms with Gasteiger partial charge in [0.15, 0.2) is 0 Å². The van der Waals surface area contributed by atoms with Crippen LogP contribution in [0.15, 0.2) is 22.7 Å². The zero-order valence-corrected chi connectivity index (χ0v) is 16.6. The summed E-state index contributed by atoms with van der Waals surface area (Å²) < 4.78 is 6.78. The van der Waals surface area contributed by atoms with Gasteiger partial charge in [-0.05, 0) is 31.5 Å². The van der Waals surface area contributed by atoms with Crippen LogP contribution in [0.3, 0.4) is 0 Å². The number of nitrogens with two attached hydrogens (primary N) is 1. The first kappa shape index (κ1) is 19.2. The number of aryl methyl sites for hydroxylation is 1. The molecule has 0 atom stereocenters. The van der Waals surface area contributed by atoms with Crippen LogP contribution in [-0.4, -0.2) is 41.5 Å². The molecular formula is C18H23BrN4O2. The minimum absolute atomic E-state index is 0.127. The molecule has 0 unspecified atom stereocenters. The predicted octanol–water partition coefficient (Wildman–Crippen LogP) is 3.68. The summed E-state index contributed by atoms with van der Waals surface area (Å²) in [5.74, 6) is 0.622. The van der Waals surface area contributed by atoms with Gasteiger partial charge in [0.1, 0.15) is 5.75 Å². The number of hydrogen-bond acceptors (Lipinski definition) is 5. The lowest BCUT2D eigenvalue weighted by Gasteiger charge is -2.18. The summed E-state index contributed by atoms with van der Waals surface area (Å²) in [5, 5.41) is 0. The van der Waals surface area contributed by atoms with E-state index in [9.17, 15) is 4.79 Å². The lowest BCUT2D eigenvalue weighted by molar-refractivity contribution is 0.0827. The Morgan fingerprint density at radius 1 is 1.32 bits per heavy atom. The number of carbonyl (C=O) groups is 1. The molecule has 2 N–H and O–H groups in total. The highest BCUT2D eigenvalue weighted by atomic mass is 79.9. The number of benzene rings is 1. The van der Waals surface area contributed by atoms with E-state index in [0.717, 1.165) is 17.3 Å². The van der Waals surface area contributed by atoms with E-state index < -0.39 is 0 Å². The van der Waals surface area contributed by atoms with Gasteiger partial charge in [0, 0.05) is 24.1 Å². The maximum atomic E-state index is 12.7. The first-order valence-electron chi connectivity index (χ1n) is 8.13. The number of unbranched alkanes of at least 4 members (excludes halogenated alkanes) is 1. The Morgan fingerprint density at radius 2 is 2.04 bits per heavy atom. The van der Waals surface area contributed by atoms with Gasteiger partial charge in [-0.2, -0.15) is 0 Å². The largest absolute Gasteiger partial charge is 0.493 e. The lowest BCUT2D eigenvalue weighted by atomic mass is 10.0. The molecule has 7 heteroatoms. The maximum Gasteiger partial charge on any atom is 0.257 e. The smallest absolute Gasteiger partial charge is 0.257 e. The van der Waals surface area contributed by atoms with E-state index in [2.05, 4.69) is 32.8 Å². The number of carbonyl (C=O) groups excluding carboxylic acids is 1. The van der Waals surface area contributed by atoms with Gasteiger partial charge in [0.05, 0.1) is 23.6 Å². The molecule has 0 fully saturated rings. The van der Waals surface area contributed by atoms with Crippen molar-refractivity contribution < 1.29 is 9.53 Å². The highest BCUT2D eigenvalue weighted by molar-refractivity contribution is 9.10. The van der Waals surface area contributed by atoms with Gasteiger partial charge in [-0.3, -0.25) is 4.79 Å². The fourth-order valence-electron chi connectivity index (χ4n) is 2.41. The monoisotopic (exact) mass is 406 g/mol. The highest BCUT2D eigenvalue weighted by Crippen LogP contribution is 2.35. The Hall–Kier alpha value is -2.15. The van der Waals surface area contributed by atoms with Crippen molar-refractivity contribution in [2.45, 2.75) is 26.7 Å². The molecule has 134 valence electrons. The van der Waals surface area contributed by atoms with Crippen LogP contribution in [0.2, 0.25) is 0 Å². The maximum absolute atomic E-state index is 12.7. The molecule has 0 saturated heterocycles. The van der Waals surface area contributed by atoms with Crippen LogP contribution in [-0.2, 0) is 0 Å². The third-order valence-electron chi connectivity index (χ3n) is 3.68. The number of amides is 1. The minimum atomic E-state index is -0.174. The molecule has 1 aromatic heterocycles. The topological polar surface area (TPSA) is 81.3 Å². The molecule has 0 saturated carbocycles. The molecule has 0 aliphatic rings. The van der Waals surface area contributed by atoms with E-state index in [0.29, 0.717) is 34.9 Å². The van der Waals surface area contributed by atoms with Crippen molar-refractivity contribution in [2.24, 2.45) is 0 Å². The van der Waals surface area contributed by atoms with Crippen molar-refractivity contribution in [1.82, 2.24) is 14.9 Å². The number of nitrogens with zero attached hydrogens (tertiary/aromatic N) is 3. The first-order chi connectivity index (χ1) is 11.8. The fourth-order valence-corrected chi connectivity index (χ4v) is 2.77. The number of ether oxygens (including phenoxy) is 1. The van der Waals surface area contributed by atoms with E-state index in [1.165, 1.54) is 4.90 Å². The van der Waals surface area contributed by atoms with Crippen molar-refractivity contribution >= 4 is 27.8 Å². The molecule has 2 aromatic rings. The molecule has 0 bridgehead atoms. The van der Waals surface area contributed by atoms with Gasteiger partial charge < -0.3 is 15.4 Å². The first-order valence-corrected chi connectivity index (χ1v) is 8.93. The van der Waals surface area contributed by atoms with E-state index >= 15 is 0 Å². The van der Waals surface area contributed by atoms with Crippen LogP contribution < -0.4 is 10.5 Å². The summed E-state index contributed by atoms with van der Waals surface area (Å²) in [6, 6.07) is 5.65. The van der Waals surface area contributed by atoms with Gasteiger partial charge in [0.25, 0.3) is 5.91 Å². The molecule has 0 radical (unpaired) electrons. The molecule has 1 aromatic carbocycles. The van der Waals surface area contributed by atoms with E-state index in [1.54, 1.807) is 21.0 Å². The number of nitrogen functional groups attached to an aromatic ring is 1. The molecule has 25 heavy (non-hydrogen) atoms. The number of aromatic nitrogens is 2. The fraction of sp³-hybridized carbons (Fsp3) is 0.389. The summed E-state index contributed by atoms with van der Waals surface area (Å²) in [6.07, 6.45) is 1.99. The second kappa shape index (κ2) is 8.29. The molecular weight excluding hydrogens is 384 g/mol. The predicted molar refractivity (Wildman–Crippen MR) is 103 cm³/mol. The van der Waals surface area contributed by atoms with Crippen molar-refractivity contribution in [1.29, 1.82) is 0 Å². The SMILES string of the molecule is CCCCOc1ccc(Br)cc1-c1nc(N)nc(C)c1C(=O)N(C)C. The Bertz CT molecular complexity index is 778. The number of rotatable bonds is 6. The summed E-state index contributed by atoms with van der Waals surface area (Å²) in [5.41, 5.74) is 8.02. The number of halogens is 1.